The zero-order chi connectivity index (χ0) is 22.6. The van der Waals surface area contributed by atoms with Crippen LogP contribution in [0.4, 0.5) is 0 Å². The number of nitrogens with zero attached hydrogens (tertiary/aromatic N) is 7. The molecule has 0 aliphatic rings. The van der Waals surface area contributed by atoms with Crippen LogP contribution >= 0.6 is 11.8 Å². The van der Waals surface area contributed by atoms with Gasteiger partial charge in [-0.15, -0.1) is 15.3 Å². The largest absolute Gasteiger partial charge is 0.492 e. The molecule has 166 valence electrons. The van der Waals surface area contributed by atoms with Crippen molar-refractivity contribution in [3.05, 3.63) is 66.2 Å². The average Bonchev–Trinajstić information content (AvgIpc) is 3.58. The molecule has 33 heavy (non-hydrogen) atoms. The first-order chi connectivity index (χ1) is 16.2. The minimum atomic E-state index is 0.351. The molecular formula is C22H19N7O3S. The van der Waals surface area contributed by atoms with Crippen LogP contribution in [0.3, 0.4) is 0 Å². The maximum atomic E-state index is 5.93. The van der Waals surface area contributed by atoms with Gasteiger partial charge in [-0.05, 0) is 36.4 Å². The Hall–Kier alpha value is -3.99. The van der Waals surface area contributed by atoms with E-state index in [1.807, 2.05) is 68.4 Å². The van der Waals surface area contributed by atoms with E-state index >= 15 is 0 Å². The van der Waals surface area contributed by atoms with Crippen molar-refractivity contribution in [2.24, 2.45) is 0 Å². The van der Waals surface area contributed by atoms with Gasteiger partial charge in [-0.25, -0.2) is 0 Å². The molecule has 0 aliphatic heterocycles. The van der Waals surface area contributed by atoms with Crippen LogP contribution in [-0.4, -0.2) is 42.2 Å². The van der Waals surface area contributed by atoms with E-state index in [4.69, 9.17) is 13.7 Å². The highest BCUT2D eigenvalue weighted by molar-refractivity contribution is 7.98. The van der Waals surface area contributed by atoms with E-state index in [0.717, 1.165) is 11.3 Å². The number of thioether (sulfide) groups is 1. The molecule has 0 fully saturated rings. The van der Waals surface area contributed by atoms with Crippen molar-refractivity contribution in [2.45, 2.75) is 24.8 Å². The minimum absolute atomic E-state index is 0.351. The Bertz CT molecular complexity index is 1360. The van der Waals surface area contributed by atoms with Gasteiger partial charge in [-0.2, -0.15) is 4.68 Å². The van der Waals surface area contributed by atoms with Crippen molar-refractivity contribution >= 4 is 11.8 Å². The molecule has 5 rings (SSSR count). The predicted octanol–water partition coefficient (Wildman–Crippen LogP) is 4.37. The van der Waals surface area contributed by atoms with E-state index in [2.05, 4.69) is 30.9 Å². The smallest absolute Gasteiger partial charge is 0.253 e. The monoisotopic (exact) mass is 461 g/mol. The molecule has 0 atom stereocenters. The molecular weight excluding hydrogens is 442 g/mol. The van der Waals surface area contributed by atoms with Gasteiger partial charge in [-0.1, -0.05) is 59.4 Å². The number of ether oxygens (including phenoxy) is 1. The summed E-state index contributed by atoms with van der Waals surface area (Å²) in [5, 5.41) is 25.2. The number of tetrazole rings is 1. The van der Waals surface area contributed by atoms with E-state index in [0.29, 0.717) is 52.1 Å². The Morgan fingerprint density at radius 1 is 1.00 bits per heavy atom. The molecule has 3 aromatic heterocycles. The normalized spacial score (nSPS) is 11.1. The quantitative estimate of drug-likeness (QED) is 0.308. The summed E-state index contributed by atoms with van der Waals surface area (Å²) in [4.78, 5) is 0. The Balaban J connectivity index is 1.37. The molecule has 0 saturated carbocycles. The van der Waals surface area contributed by atoms with Gasteiger partial charge in [0.05, 0.1) is 12.4 Å². The lowest BCUT2D eigenvalue weighted by Crippen LogP contribution is -2.03. The standard InChI is InChI=1S/C22H19N7O3S/c1-3-30-17-12-8-7-11-16(17)29-22(25-27-28-29)33-13-18-23-24-21(31-18)19-14(2)32-26-20(19)15-9-5-4-6-10-15/h4-12H,3,13H2,1-2H3. The van der Waals surface area contributed by atoms with Crippen molar-refractivity contribution in [2.75, 3.05) is 6.61 Å². The van der Waals surface area contributed by atoms with Gasteiger partial charge < -0.3 is 13.7 Å². The van der Waals surface area contributed by atoms with Crippen LogP contribution in [0.1, 0.15) is 18.6 Å². The number of rotatable bonds is 8. The van der Waals surface area contributed by atoms with Crippen molar-refractivity contribution in [3.8, 4) is 34.1 Å². The summed E-state index contributed by atoms with van der Waals surface area (Å²) in [6, 6.07) is 17.3. The second kappa shape index (κ2) is 9.25. The van der Waals surface area contributed by atoms with E-state index in [1.165, 1.54) is 11.8 Å². The molecule has 11 heteroatoms. The molecule has 10 nitrogen and oxygen atoms in total. The van der Waals surface area contributed by atoms with Gasteiger partial charge in [-0.3, -0.25) is 0 Å². The van der Waals surface area contributed by atoms with Gasteiger partial charge in [0.15, 0.2) is 0 Å². The Morgan fingerprint density at radius 3 is 2.67 bits per heavy atom. The summed E-state index contributed by atoms with van der Waals surface area (Å²) in [5.74, 6) is 2.47. The molecule has 0 aliphatic carbocycles. The van der Waals surface area contributed by atoms with Crippen LogP contribution in [-0.2, 0) is 5.75 Å². The molecule has 0 bridgehead atoms. The summed E-state index contributed by atoms with van der Waals surface area (Å²) in [6.45, 7) is 4.29. The maximum Gasteiger partial charge on any atom is 0.253 e. The summed E-state index contributed by atoms with van der Waals surface area (Å²) >= 11 is 1.38. The molecule has 0 N–H and O–H groups in total. The highest BCUT2D eigenvalue weighted by Crippen LogP contribution is 2.34. The van der Waals surface area contributed by atoms with Crippen molar-refractivity contribution in [3.63, 3.8) is 0 Å². The fraction of sp³-hybridized carbons (Fsp3) is 0.182. The molecule has 2 aromatic carbocycles. The summed E-state index contributed by atoms with van der Waals surface area (Å²) in [6.07, 6.45) is 0. The van der Waals surface area contributed by atoms with E-state index in [9.17, 15) is 0 Å². The fourth-order valence-corrected chi connectivity index (χ4v) is 4.01. The molecule has 0 amide bonds. The second-order valence-electron chi connectivity index (χ2n) is 6.89. The molecule has 3 heterocycles. The van der Waals surface area contributed by atoms with Crippen LogP contribution in [0.25, 0.3) is 28.4 Å². The highest BCUT2D eigenvalue weighted by atomic mass is 32.2. The van der Waals surface area contributed by atoms with Crippen LogP contribution in [0, 0.1) is 6.92 Å². The first-order valence-corrected chi connectivity index (χ1v) is 11.2. The Kier molecular flexibility index (Phi) is 5.85. The predicted molar refractivity (Wildman–Crippen MR) is 120 cm³/mol. The molecule has 0 unspecified atom stereocenters. The van der Waals surface area contributed by atoms with E-state index in [1.54, 1.807) is 4.68 Å². The van der Waals surface area contributed by atoms with Crippen molar-refractivity contribution < 1.29 is 13.7 Å². The highest BCUT2D eigenvalue weighted by Gasteiger charge is 2.22. The SMILES string of the molecule is CCOc1ccccc1-n1nnnc1SCc1nnc(-c2c(-c3ccccc3)noc2C)o1. The maximum absolute atomic E-state index is 5.93. The molecule has 5 aromatic rings. The van der Waals surface area contributed by atoms with Crippen molar-refractivity contribution in [1.82, 2.24) is 35.6 Å². The van der Waals surface area contributed by atoms with Crippen molar-refractivity contribution in [1.29, 1.82) is 0 Å². The topological polar surface area (TPSA) is 118 Å². The van der Waals surface area contributed by atoms with E-state index < -0.39 is 0 Å². The minimum Gasteiger partial charge on any atom is -0.492 e. The molecule has 0 spiro atoms. The third-order valence-electron chi connectivity index (χ3n) is 4.75. The van der Waals surface area contributed by atoms with Crippen LogP contribution in [0.2, 0.25) is 0 Å². The Labute approximate surface area is 193 Å². The number of para-hydroxylation sites is 2. The fourth-order valence-electron chi connectivity index (χ4n) is 3.29. The second-order valence-corrected chi connectivity index (χ2v) is 7.83. The lowest BCUT2D eigenvalue weighted by atomic mass is 10.1. The van der Waals surface area contributed by atoms with Crippen LogP contribution in [0.15, 0.2) is 68.7 Å². The number of aromatic nitrogens is 7. The van der Waals surface area contributed by atoms with Gasteiger partial charge in [0.25, 0.3) is 5.89 Å². The van der Waals surface area contributed by atoms with Gasteiger partial charge in [0.2, 0.25) is 11.0 Å². The first-order valence-electron chi connectivity index (χ1n) is 10.2. The third-order valence-corrected chi connectivity index (χ3v) is 5.65. The average molecular weight is 462 g/mol. The van der Waals surface area contributed by atoms with E-state index in [-0.39, 0.29) is 0 Å². The zero-order valence-electron chi connectivity index (χ0n) is 17.9. The van der Waals surface area contributed by atoms with Crippen LogP contribution in [0.5, 0.6) is 5.75 Å². The third kappa shape index (κ3) is 4.22. The van der Waals surface area contributed by atoms with Gasteiger partial charge >= 0.3 is 0 Å². The molecule has 0 radical (unpaired) electrons. The number of hydrogen-bond acceptors (Lipinski definition) is 10. The number of aryl methyl sites for hydroxylation is 1. The summed E-state index contributed by atoms with van der Waals surface area (Å²) < 4.78 is 18.7. The number of benzene rings is 2. The lowest BCUT2D eigenvalue weighted by Gasteiger charge is -2.10. The summed E-state index contributed by atoms with van der Waals surface area (Å²) in [7, 11) is 0. The molecule has 0 saturated heterocycles. The van der Waals surface area contributed by atoms with Gasteiger partial charge in [0, 0.05) is 5.56 Å². The first kappa shape index (κ1) is 20.9. The number of hydrogen-bond donors (Lipinski definition) is 0. The lowest BCUT2D eigenvalue weighted by molar-refractivity contribution is 0.337. The summed E-state index contributed by atoms with van der Waals surface area (Å²) in [5.41, 5.74) is 3.00. The van der Waals surface area contributed by atoms with Gasteiger partial charge in [0.1, 0.15) is 28.5 Å². The Morgan fingerprint density at radius 2 is 1.82 bits per heavy atom. The van der Waals surface area contributed by atoms with Crippen LogP contribution < -0.4 is 4.74 Å². The zero-order valence-corrected chi connectivity index (χ0v) is 18.7.